The predicted octanol–water partition coefficient (Wildman–Crippen LogP) is 4.26. The van der Waals surface area contributed by atoms with Gasteiger partial charge < -0.3 is 10.2 Å². The van der Waals surface area contributed by atoms with Gasteiger partial charge in [0, 0.05) is 31.4 Å². The average Bonchev–Trinajstić information content (AvgIpc) is 3.32. The first kappa shape index (κ1) is 14.9. The van der Waals surface area contributed by atoms with Crippen molar-refractivity contribution in [2.45, 2.75) is 65.0 Å². The van der Waals surface area contributed by atoms with Crippen LogP contribution in [0.25, 0.3) is 0 Å². The number of hydrogen-bond donors (Lipinski definition) is 1. The molecule has 0 bridgehead atoms. The van der Waals surface area contributed by atoms with Crippen LogP contribution in [0.2, 0.25) is 0 Å². The summed E-state index contributed by atoms with van der Waals surface area (Å²) in [6.07, 6.45) is 8.20. The van der Waals surface area contributed by atoms with Crippen LogP contribution in [0.1, 0.15) is 56.6 Å². The van der Waals surface area contributed by atoms with E-state index in [1.54, 1.807) is 0 Å². The summed E-state index contributed by atoms with van der Waals surface area (Å²) in [6, 6.07) is 7.86. The largest absolute Gasteiger partial charge is 0.372 e. The monoisotopic (exact) mass is 286 g/mol. The number of benzene rings is 1. The smallest absolute Gasteiger partial charge is 0.0369 e. The van der Waals surface area contributed by atoms with Gasteiger partial charge in [0.2, 0.25) is 0 Å². The van der Waals surface area contributed by atoms with E-state index in [0.717, 1.165) is 18.5 Å². The Balaban J connectivity index is 1.63. The maximum atomic E-state index is 3.62. The Morgan fingerprint density at radius 2 is 2.00 bits per heavy atom. The van der Waals surface area contributed by atoms with Gasteiger partial charge in [0.15, 0.2) is 0 Å². The van der Waals surface area contributed by atoms with E-state index in [4.69, 9.17) is 0 Å². The fourth-order valence-corrected chi connectivity index (χ4v) is 3.45. The highest BCUT2D eigenvalue weighted by Gasteiger charge is 2.20. The molecule has 1 aromatic rings. The van der Waals surface area contributed by atoms with E-state index in [-0.39, 0.29) is 0 Å². The van der Waals surface area contributed by atoms with E-state index in [1.165, 1.54) is 68.4 Å². The molecule has 3 rings (SSSR count). The molecule has 1 heterocycles. The fourth-order valence-electron chi connectivity index (χ4n) is 3.45. The van der Waals surface area contributed by atoms with Crippen molar-refractivity contribution in [2.24, 2.45) is 5.92 Å². The van der Waals surface area contributed by atoms with Crippen molar-refractivity contribution in [1.82, 2.24) is 5.32 Å². The second-order valence-electron chi connectivity index (χ2n) is 6.96. The molecule has 1 unspecified atom stereocenters. The Morgan fingerprint density at radius 3 is 2.71 bits per heavy atom. The highest BCUT2D eigenvalue weighted by molar-refractivity contribution is 5.51. The number of nitrogens with one attached hydrogen (secondary N) is 1. The summed E-state index contributed by atoms with van der Waals surface area (Å²) < 4.78 is 0. The van der Waals surface area contributed by atoms with Crippen molar-refractivity contribution in [3.63, 3.8) is 0 Å². The molecule has 1 aromatic carbocycles. The molecule has 2 fully saturated rings. The van der Waals surface area contributed by atoms with Gasteiger partial charge in [0.25, 0.3) is 0 Å². The zero-order valence-corrected chi connectivity index (χ0v) is 13.7. The standard InChI is InChI=1S/C19H30N2/c1-3-16-5-4-11-21(12-10-16)19-9-6-17(15(2)13-19)14-20-18-7-8-18/h6,9,13,16,18,20H,3-5,7-8,10-12,14H2,1-2H3. The molecule has 1 aliphatic carbocycles. The van der Waals surface area contributed by atoms with Crippen molar-refractivity contribution >= 4 is 5.69 Å². The lowest BCUT2D eigenvalue weighted by Crippen LogP contribution is -2.24. The molecule has 0 aromatic heterocycles. The zero-order chi connectivity index (χ0) is 14.7. The van der Waals surface area contributed by atoms with Gasteiger partial charge in [-0.3, -0.25) is 0 Å². The SMILES string of the molecule is CCC1CCCN(c2ccc(CNC3CC3)c(C)c2)CC1. The minimum atomic E-state index is 0.792. The van der Waals surface area contributed by atoms with Crippen molar-refractivity contribution in [2.75, 3.05) is 18.0 Å². The first-order chi connectivity index (χ1) is 10.3. The van der Waals surface area contributed by atoms with Crippen LogP contribution >= 0.6 is 0 Å². The highest BCUT2D eigenvalue weighted by Crippen LogP contribution is 2.26. The first-order valence-electron chi connectivity index (χ1n) is 8.84. The molecule has 2 heteroatoms. The Labute approximate surface area is 129 Å². The minimum absolute atomic E-state index is 0.792. The molecule has 2 aliphatic rings. The lowest BCUT2D eigenvalue weighted by atomic mass is 9.98. The van der Waals surface area contributed by atoms with Crippen LogP contribution in [0.3, 0.4) is 0 Å². The van der Waals surface area contributed by atoms with Gasteiger partial charge in [0.05, 0.1) is 0 Å². The van der Waals surface area contributed by atoms with Crippen LogP contribution in [-0.4, -0.2) is 19.1 Å². The van der Waals surface area contributed by atoms with Gasteiger partial charge in [-0.1, -0.05) is 19.4 Å². The van der Waals surface area contributed by atoms with Gasteiger partial charge in [-0.2, -0.15) is 0 Å². The molecular formula is C19H30N2. The zero-order valence-electron chi connectivity index (χ0n) is 13.7. The molecule has 21 heavy (non-hydrogen) atoms. The third kappa shape index (κ3) is 4.00. The van der Waals surface area contributed by atoms with Crippen LogP contribution in [0.5, 0.6) is 0 Å². The molecule has 0 amide bonds. The Bertz CT molecular complexity index is 465. The summed E-state index contributed by atoms with van der Waals surface area (Å²) in [5, 5.41) is 3.62. The lowest BCUT2D eigenvalue weighted by Gasteiger charge is -2.24. The summed E-state index contributed by atoms with van der Waals surface area (Å²) in [6.45, 7) is 8.11. The summed E-state index contributed by atoms with van der Waals surface area (Å²) >= 11 is 0. The van der Waals surface area contributed by atoms with E-state index < -0.39 is 0 Å². The van der Waals surface area contributed by atoms with Crippen LogP contribution in [0.4, 0.5) is 5.69 Å². The number of nitrogens with zero attached hydrogens (tertiary/aromatic N) is 1. The highest BCUT2D eigenvalue weighted by atomic mass is 15.1. The quantitative estimate of drug-likeness (QED) is 0.870. The second-order valence-corrected chi connectivity index (χ2v) is 6.96. The summed E-state index contributed by atoms with van der Waals surface area (Å²) in [7, 11) is 0. The normalized spacial score (nSPS) is 23.1. The van der Waals surface area contributed by atoms with E-state index >= 15 is 0 Å². The molecular weight excluding hydrogens is 256 g/mol. The number of rotatable bonds is 5. The Kier molecular flexibility index (Phi) is 4.84. The Hall–Kier alpha value is -1.02. The molecule has 1 saturated carbocycles. The van der Waals surface area contributed by atoms with E-state index in [1.807, 2.05) is 0 Å². The van der Waals surface area contributed by atoms with Crippen molar-refractivity contribution in [3.05, 3.63) is 29.3 Å². The summed E-state index contributed by atoms with van der Waals surface area (Å²) in [5.41, 5.74) is 4.34. The number of anilines is 1. The maximum Gasteiger partial charge on any atom is 0.0369 e. The maximum absolute atomic E-state index is 3.62. The van der Waals surface area contributed by atoms with Crippen LogP contribution < -0.4 is 10.2 Å². The molecule has 116 valence electrons. The Morgan fingerprint density at radius 1 is 1.14 bits per heavy atom. The van der Waals surface area contributed by atoms with Gasteiger partial charge >= 0.3 is 0 Å². The van der Waals surface area contributed by atoms with Gasteiger partial charge in [-0.25, -0.2) is 0 Å². The van der Waals surface area contributed by atoms with Gasteiger partial charge in [0.1, 0.15) is 0 Å². The van der Waals surface area contributed by atoms with E-state index in [9.17, 15) is 0 Å². The predicted molar refractivity (Wildman–Crippen MR) is 90.9 cm³/mol. The van der Waals surface area contributed by atoms with Crippen molar-refractivity contribution in [3.8, 4) is 0 Å². The average molecular weight is 286 g/mol. The molecule has 1 aliphatic heterocycles. The fraction of sp³-hybridized carbons (Fsp3) is 0.684. The van der Waals surface area contributed by atoms with E-state index in [2.05, 4.69) is 42.3 Å². The molecule has 0 spiro atoms. The second kappa shape index (κ2) is 6.83. The number of hydrogen-bond acceptors (Lipinski definition) is 2. The first-order valence-corrected chi connectivity index (χ1v) is 8.84. The molecule has 1 atom stereocenters. The topological polar surface area (TPSA) is 15.3 Å². The van der Waals surface area contributed by atoms with Crippen molar-refractivity contribution in [1.29, 1.82) is 0 Å². The lowest BCUT2D eigenvalue weighted by molar-refractivity contribution is 0.459. The molecule has 1 N–H and O–H groups in total. The minimum Gasteiger partial charge on any atom is -0.372 e. The van der Waals surface area contributed by atoms with Crippen LogP contribution in [0, 0.1) is 12.8 Å². The van der Waals surface area contributed by atoms with E-state index in [0.29, 0.717) is 0 Å². The summed E-state index contributed by atoms with van der Waals surface area (Å²) in [5.74, 6) is 0.943. The van der Waals surface area contributed by atoms with Crippen LogP contribution in [-0.2, 0) is 6.54 Å². The number of aryl methyl sites for hydroxylation is 1. The third-order valence-electron chi connectivity index (χ3n) is 5.27. The third-order valence-corrected chi connectivity index (χ3v) is 5.27. The van der Waals surface area contributed by atoms with Crippen LogP contribution in [0.15, 0.2) is 18.2 Å². The van der Waals surface area contributed by atoms with Gasteiger partial charge in [-0.05, 0) is 68.2 Å². The molecule has 2 nitrogen and oxygen atoms in total. The molecule has 0 radical (unpaired) electrons. The van der Waals surface area contributed by atoms with Gasteiger partial charge in [-0.15, -0.1) is 0 Å². The van der Waals surface area contributed by atoms with Crippen molar-refractivity contribution < 1.29 is 0 Å². The summed E-state index contributed by atoms with van der Waals surface area (Å²) in [4.78, 5) is 2.60. The molecule has 1 saturated heterocycles.